The second kappa shape index (κ2) is 5.53. The summed E-state index contributed by atoms with van der Waals surface area (Å²) < 4.78 is 5.69. The number of nitrogens with one attached hydrogen (secondary N) is 1. The lowest BCUT2D eigenvalue weighted by molar-refractivity contribution is -0.118. The molecule has 0 spiro atoms. The summed E-state index contributed by atoms with van der Waals surface area (Å²) in [7, 11) is 0. The van der Waals surface area contributed by atoms with E-state index < -0.39 is 0 Å². The Balaban J connectivity index is 1.96. The maximum absolute atomic E-state index is 13.2. The number of carbonyl (C=O) groups excluding carboxylic acids is 1. The minimum Gasteiger partial charge on any atom is -0.338 e. The van der Waals surface area contributed by atoms with Crippen molar-refractivity contribution in [3.63, 3.8) is 0 Å². The summed E-state index contributed by atoms with van der Waals surface area (Å²) in [6.45, 7) is 10.6. The molecule has 0 unspecified atom stereocenters. The van der Waals surface area contributed by atoms with E-state index in [-0.39, 0.29) is 22.5 Å². The highest BCUT2D eigenvalue weighted by Crippen LogP contribution is 2.51. The van der Waals surface area contributed by atoms with Gasteiger partial charge >= 0.3 is 0 Å². The predicted molar refractivity (Wildman–Crippen MR) is 100.0 cm³/mol. The standard InChI is InChI=1S/C21H25N3O2/c1-20(2,3)18-17-15(12-7-6-8-22-11-12)16-13(23-19(17)26-24-18)9-21(4,5)10-14(16)25/h6-8,11,15,23H,9-10H2,1-5H3/t15-/m0/s1. The summed E-state index contributed by atoms with van der Waals surface area (Å²) in [5, 5.41) is 7.75. The molecule has 4 rings (SSSR count). The molecule has 136 valence electrons. The number of allylic oxidation sites excluding steroid dienone is 2. The summed E-state index contributed by atoms with van der Waals surface area (Å²) in [4.78, 5) is 17.4. The topological polar surface area (TPSA) is 68.0 Å². The number of Topliss-reactive ketones (excluding diaryl/α,β-unsaturated/α-hetero) is 1. The van der Waals surface area contributed by atoms with Crippen molar-refractivity contribution in [3.05, 3.63) is 52.6 Å². The van der Waals surface area contributed by atoms with E-state index in [0.29, 0.717) is 12.3 Å². The SMILES string of the molecule is CC1(C)CC(=O)C2=C(C1)Nc1onc(C(C)(C)C)c1[C@H]2c1cccnc1. The van der Waals surface area contributed by atoms with E-state index in [2.05, 4.69) is 50.1 Å². The normalized spacial score (nSPS) is 21.9. The quantitative estimate of drug-likeness (QED) is 0.815. The molecule has 1 N–H and O–H groups in total. The van der Waals surface area contributed by atoms with Gasteiger partial charge in [0.15, 0.2) is 5.78 Å². The van der Waals surface area contributed by atoms with Crippen molar-refractivity contribution in [2.45, 2.75) is 58.8 Å². The lowest BCUT2D eigenvalue weighted by atomic mass is 9.68. The molecule has 0 radical (unpaired) electrons. The average Bonchev–Trinajstić information content (AvgIpc) is 2.96. The molecule has 0 aromatic carbocycles. The van der Waals surface area contributed by atoms with Gasteiger partial charge in [0.25, 0.3) is 0 Å². The fourth-order valence-electron chi connectivity index (χ4n) is 4.14. The van der Waals surface area contributed by atoms with Gasteiger partial charge in [-0.15, -0.1) is 0 Å². The maximum Gasteiger partial charge on any atom is 0.233 e. The molecule has 2 aromatic heterocycles. The van der Waals surface area contributed by atoms with Crippen LogP contribution in [-0.2, 0) is 10.2 Å². The van der Waals surface area contributed by atoms with Gasteiger partial charge in [0.1, 0.15) is 0 Å². The summed E-state index contributed by atoms with van der Waals surface area (Å²) in [6.07, 6.45) is 4.97. The van der Waals surface area contributed by atoms with E-state index >= 15 is 0 Å². The maximum atomic E-state index is 13.2. The fraction of sp³-hybridized carbons (Fsp3) is 0.476. The monoisotopic (exact) mass is 351 g/mol. The molecule has 5 heteroatoms. The highest BCUT2D eigenvalue weighted by molar-refractivity contribution is 6.01. The van der Waals surface area contributed by atoms with Crippen LogP contribution in [0.2, 0.25) is 0 Å². The van der Waals surface area contributed by atoms with Gasteiger partial charge in [0.2, 0.25) is 5.88 Å². The fourth-order valence-corrected chi connectivity index (χ4v) is 4.14. The van der Waals surface area contributed by atoms with Crippen molar-refractivity contribution < 1.29 is 9.32 Å². The number of fused-ring (bicyclic) bond motifs is 1. The van der Waals surface area contributed by atoms with Crippen LogP contribution in [0, 0.1) is 5.41 Å². The molecular formula is C21H25N3O2. The van der Waals surface area contributed by atoms with Crippen molar-refractivity contribution in [1.29, 1.82) is 0 Å². The van der Waals surface area contributed by atoms with Crippen LogP contribution in [0.15, 0.2) is 40.3 Å². The van der Waals surface area contributed by atoms with E-state index in [1.807, 2.05) is 18.3 Å². The van der Waals surface area contributed by atoms with Crippen molar-refractivity contribution >= 4 is 11.7 Å². The second-order valence-electron chi connectivity index (χ2n) is 9.20. The molecule has 1 aliphatic carbocycles. The molecule has 2 aliphatic rings. The Morgan fingerprint density at radius 2 is 2.04 bits per heavy atom. The van der Waals surface area contributed by atoms with Crippen LogP contribution in [0.4, 0.5) is 5.88 Å². The lowest BCUT2D eigenvalue weighted by Gasteiger charge is -2.38. The number of nitrogens with zero attached hydrogens (tertiary/aromatic N) is 2. The van der Waals surface area contributed by atoms with Gasteiger partial charge in [-0.3, -0.25) is 9.78 Å². The molecule has 1 atom stereocenters. The third-order valence-corrected chi connectivity index (χ3v) is 5.22. The molecule has 0 saturated carbocycles. The molecule has 5 nitrogen and oxygen atoms in total. The first kappa shape index (κ1) is 17.0. The Hall–Kier alpha value is -2.43. The van der Waals surface area contributed by atoms with E-state index in [1.54, 1.807) is 6.20 Å². The van der Waals surface area contributed by atoms with Crippen LogP contribution in [0.1, 0.15) is 70.2 Å². The van der Waals surface area contributed by atoms with Gasteiger partial charge < -0.3 is 9.84 Å². The summed E-state index contributed by atoms with van der Waals surface area (Å²) >= 11 is 0. The van der Waals surface area contributed by atoms with Gasteiger partial charge in [-0.1, -0.05) is 45.8 Å². The average molecular weight is 351 g/mol. The Morgan fingerprint density at radius 1 is 1.27 bits per heavy atom. The molecule has 3 heterocycles. The first-order valence-electron chi connectivity index (χ1n) is 9.11. The molecular weight excluding hydrogens is 326 g/mol. The van der Waals surface area contributed by atoms with Gasteiger partial charge in [0.05, 0.1) is 11.3 Å². The Labute approximate surface area is 153 Å². The zero-order chi connectivity index (χ0) is 18.7. The van der Waals surface area contributed by atoms with Gasteiger partial charge in [0, 0.05) is 41.4 Å². The van der Waals surface area contributed by atoms with E-state index in [1.165, 1.54) is 0 Å². The zero-order valence-corrected chi connectivity index (χ0v) is 16.0. The van der Waals surface area contributed by atoms with Gasteiger partial charge in [-0.25, -0.2) is 0 Å². The first-order chi connectivity index (χ1) is 12.2. The van der Waals surface area contributed by atoms with Gasteiger partial charge in [-0.05, 0) is 23.5 Å². The van der Waals surface area contributed by atoms with E-state index in [4.69, 9.17) is 4.52 Å². The number of aromatic nitrogens is 2. The van der Waals surface area contributed by atoms with Crippen molar-refractivity contribution in [2.24, 2.45) is 5.41 Å². The number of rotatable bonds is 1. The van der Waals surface area contributed by atoms with E-state index in [0.717, 1.165) is 34.5 Å². The van der Waals surface area contributed by atoms with Crippen LogP contribution < -0.4 is 5.32 Å². The Kier molecular flexibility index (Phi) is 3.62. The van der Waals surface area contributed by atoms with Crippen LogP contribution >= 0.6 is 0 Å². The zero-order valence-electron chi connectivity index (χ0n) is 16.0. The highest BCUT2D eigenvalue weighted by Gasteiger charge is 2.44. The largest absolute Gasteiger partial charge is 0.338 e. The third-order valence-electron chi connectivity index (χ3n) is 5.22. The molecule has 0 fully saturated rings. The minimum absolute atomic E-state index is 0.0627. The number of carbonyl (C=O) groups is 1. The molecule has 0 saturated heterocycles. The predicted octanol–water partition coefficient (Wildman–Crippen LogP) is 4.57. The Morgan fingerprint density at radius 3 is 2.69 bits per heavy atom. The third kappa shape index (κ3) is 2.66. The van der Waals surface area contributed by atoms with Crippen molar-refractivity contribution in [1.82, 2.24) is 10.1 Å². The molecule has 0 amide bonds. The second-order valence-corrected chi connectivity index (χ2v) is 9.20. The van der Waals surface area contributed by atoms with E-state index in [9.17, 15) is 4.79 Å². The number of hydrogen-bond acceptors (Lipinski definition) is 5. The first-order valence-corrected chi connectivity index (χ1v) is 9.11. The van der Waals surface area contributed by atoms with Crippen LogP contribution in [-0.4, -0.2) is 15.9 Å². The lowest BCUT2D eigenvalue weighted by Crippen LogP contribution is -2.34. The molecule has 1 aliphatic heterocycles. The number of hydrogen-bond donors (Lipinski definition) is 1. The smallest absolute Gasteiger partial charge is 0.233 e. The summed E-state index contributed by atoms with van der Waals surface area (Å²) in [5.41, 5.74) is 4.42. The Bertz CT molecular complexity index is 901. The van der Waals surface area contributed by atoms with Crippen LogP contribution in [0.5, 0.6) is 0 Å². The van der Waals surface area contributed by atoms with Gasteiger partial charge in [-0.2, -0.15) is 0 Å². The van der Waals surface area contributed by atoms with Crippen molar-refractivity contribution in [2.75, 3.05) is 5.32 Å². The molecule has 0 bridgehead atoms. The van der Waals surface area contributed by atoms with Crippen LogP contribution in [0.3, 0.4) is 0 Å². The van der Waals surface area contributed by atoms with Crippen molar-refractivity contribution in [3.8, 4) is 0 Å². The highest BCUT2D eigenvalue weighted by atomic mass is 16.5. The molecule has 26 heavy (non-hydrogen) atoms. The minimum atomic E-state index is -0.186. The number of pyridine rings is 1. The van der Waals surface area contributed by atoms with Crippen LogP contribution in [0.25, 0.3) is 0 Å². The summed E-state index contributed by atoms with van der Waals surface area (Å²) in [6, 6.07) is 3.95. The number of anilines is 1. The summed E-state index contributed by atoms with van der Waals surface area (Å²) in [5.74, 6) is 0.677. The molecule has 2 aromatic rings. The number of ketones is 1.